The van der Waals surface area contributed by atoms with Gasteiger partial charge < -0.3 is 9.47 Å². The molecule has 0 unspecified atom stereocenters. The number of nitrogens with zero attached hydrogens (tertiary/aromatic N) is 1. The number of benzene rings is 2. The van der Waals surface area contributed by atoms with Crippen molar-refractivity contribution in [1.82, 2.24) is 4.37 Å². The standard InChI is InChI=1S/C24H38O4.C9H7NS/c1-3-5-7-9-11-15-19-27-23(25)21-17-13-14-18-22(21)24(26)28-20-16-12-10-8-6-4-2;1-2-4-8(5-3-1)9-6-10-11-7-9/h13-14,17-18H,3-12,15-16,19-20H2,1-2H3;1-7H. The number of esters is 2. The van der Waals surface area contributed by atoms with Gasteiger partial charge in [-0.3, -0.25) is 0 Å². The summed E-state index contributed by atoms with van der Waals surface area (Å²) >= 11 is 1.48. The maximum atomic E-state index is 12.4. The SMILES string of the molecule is CCCCCCCCOC(=O)c1ccccc1C(=O)OCCCCCCCC.c1ccc(-c2cnsc2)cc1. The monoisotopic (exact) mass is 551 g/mol. The van der Waals surface area contributed by atoms with Crippen LogP contribution in [0.5, 0.6) is 0 Å². The molecule has 0 radical (unpaired) electrons. The predicted molar refractivity (Wildman–Crippen MR) is 161 cm³/mol. The summed E-state index contributed by atoms with van der Waals surface area (Å²) in [5.41, 5.74) is 3.03. The van der Waals surface area contributed by atoms with Crippen molar-refractivity contribution in [2.75, 3.05) is 13.2 Å². The third kappa shape index (κ3) is 13.6. The van der Waals surface area contributed by atoms with Crippen LogP contribution in [0.15, 0.2) is 66.2 Å². The van der Waals surface area contributed by atoms with Crippen LogP contribution in [-0.4, -0.2) is 29.5 Å². The van der Waals surface area contributed by atoms with Crippen molar-refractivity contribution in [3.63, 3.8) is 0 Å². The van der Waals surface area contributed by atoms with E-state index >= 15 is 0 Å². The number of carbonyl (C=O) groups excluding carboxylic acids is 2. The minimum Gasteiger partial charge on any atom is -0.462 e. The molecule has 6 heteroatoms. The highest BCUT2D eigenvalue weighted by Gasteiger charge is 2.18. The second-order valence-corrected chi connectivity index (χ2v) is 10.3. The molecule has 3 aromatic rings. The van der Waals surface area contributed by atoms with Crippen LogP contribution in [0.1, 0.15) is 112 Å². The van der Waals surface area contributed by atoms with Crippen LogP contribution in [0.2, 0.25) is 0 Å². The lowest BCUT2D eigenvalue weighted by molar-refractivity contribution is 0.0450. The summed E-state index contributed by atoms with van der Waals surface area (Å²) in [5.74, 6) is -0.888. The van der Waals surface area contributed by atoms with E-state index in [1.807, 2.05) is 24.4 Å². The minimum absolute atomic E-state index is 0.293. The predicted octanol–water partition coefficient (Wildman–Crippen LogP) is 9.53. The highest BCUT2D eigenvalue weighted by molar-refractivity contribution is 7.03. The Morgan fingerprint density at radius 1 is 0.615 bits per heavy atom. The van der Waals surface area contributed by atoms with Crippen LogP contribution in [-0.2, 0) is 9.47 Å². The largest absolute Gasteiger partial charge is 0.462 e. The molecule has 0 N–H and O–H groups in total. The normalized spacial score (nSPS) is 10.4. The maximum absolute atomic E-state index is 12.4. The van der Waals surface area contributed by atoms with Gasteiger partial charge in [0, 0.05) is 17.1 Å². The first-order valence-electron chi connectivity index (χ1n) is 14.5. The number of unbranched alkanes of at least 4 members (excludes halogenated alkanes) is 10. The molecule has 0 aliphatic rings. The van der Waals surface area contributed by atoms with Gasteiger partial charge in [-0.15, -0.1) is 0 Å². The lowest BCUT2D eigenvalue weighted by atomic mass is 10.1. The van der Waals surface area contributed by atoms with Gasteiger partial charge in [-0.1, -0.05) is 121 Å². The van der Waals surface area contributed by atoms with E-state index in [0.717, 1.165) is 25.7 Å². The highest BCUT2D eigenvalue weighted by Crippen LogP contribution is 2.19. The fourth-order valence-corrected chi connectivity index (χ4v) is 4.61. The van der Waals surface area contributed by atoms with E-state index in [-0.39, 0.29) is 0 Å². The number of ether oxygens (including phenoxy) is 2. The van der Waals surface area contributed by atoms with Gasteiger partial charge in [-0.25, -0.2) is 14.0 Å². The van der Waals surface area contributed by atoms with Gasteiger partial charge in [0.05, 0.1) is 24.3 Å². The molecule has 1 heterocycles. The second kappa shape index (κ2) is 20.9. The Morgan fingerprint density at radius 2 is 1.08 bits per heavy atom. The van der Waals surface area contributed by atoms with E-state index in [4.69, 9.17) is 9.47 Å². The van der Waals surface area contributed by atoms with Gasteiger partial charge in [0.15, 0.2) is 0 Å². The van der Waals surface area contributed by atoms with Crippen LogP contribution in [0, 0.1) is 0 Å². The first-order valence-corrected chi connectivity index (χ1v) is 15.4. The molecule has 5 nitrogen and oxygen atoms in total. The number of aromatic nitrogens is 1. The van der Waals surface area contributed by atoms with Crippen molar-refractivity contribution in [3.05, 3.63) is 77.3 Å². The summed E-state index contributed by atoms with van der Waals surface area (Å²) in [5, 5.41) is 2.05. The molecule has 1 aromatic heterocycles. The zero-order valence-electron chi connectivity index (χ0n) is 23.7. The average Bonchev–Trinajstić information content (AvgIpc) is 3.52. The van der Waals surface area contributed by atoms with E-state index in [2.05, 4.69) is 35.7 Å². The Bertz CT molecular complexity index is 988. The van der Waals surface area contributed by atoms with Gasteiger partial charge in [0.25, 0.3) is 0 Å². The van der Waals surface area contributed by atoms with Crippen molar-refractivity contribution in [3.8, 4) is 11.1 Å². The zero-order valence-corrected chi connectivity index (χ0v) is 24.6. The molecule has 212 valence electrons. The van der Waals surface area contributed by atoms with Gasteiger partial charge in [-0.05, 0) is 42.1 Å². The van der Waals surface area contributed by atoms with Crippen LogP contribution in [0.25, 0.3) is 11.1 Å². The smallest absolute Gasteiger partial charge is 0.339 e. The molecule has 0 aliphatic carbocycles. The average molecular weight is 552 g/mol. The first-order chi connectivity index (χ1) is 19.2. The fraction of sp³-hybridized carbons (Fsp3) is 0.485. The van der Waals surface area contributed by atoms with E-state index in [1.54, 1.807) is 24.3 Å². The van der Waals surface area contributed by atoms with E-state index < -0.39 is 11.9 Å². The lowest BCUT2D eigenvalue weighted by Crippen LogP contribution is -2.15. The van der Waals surface area contributed by atoms with E-state index in [1.165, 1.54) is 74.0 Å². The Labute approximate surface area is 239 Å². The zero-order chi connectivity index (χ0) is 28.0. The van der Waals surface area contributed by atoms with Crippen LogP contribution >= 0.6 is 11.5 Å². The molecular weight excluding hydrogens is 506 g/mol. The number of carbonyl (C=O) groups is 2. The van der Waals surface area contributed by atoms with Crippen molar-refractivity contribution >= 4 is 23.5 Å². The maximum Gasteiger partial charge on any atom is 0.339 e. The molecule has 0 saturated carbocycles. The van der Waals surface area contributed by atoms with Crippen molar-refractivity contribution in [2.24, 2.45) is 0 Å². The summed E-state index contributed by atoms with van der Waals surface area (Å²) in [6, 6.07) is 17.0. The molecule has 39 heavy (non-hydrogen) atoms. The Morgan fingerprint density at radius 3 is 1.54 bits per heavy atom. The van der Waals surface area contributed by atoms with Crippen LogP contribution in [0.4, 0.5) is 0 Å². The Kier molecular flexibility index (Phi) is 17.3. The fourth-order valence-electron chi connectivity index (χ4n) is 4.07. The molecule has 2 aromatic carbocycles. The molecule has 3 rings (SSSR count). The molecular formula is C33H45NO4S. The quantitative estimate of drug-likeness (QED) is 0.123. The van der Waals surface area contributed by atoms with Crippen LogP contribution < -0.4 is 0 Å². The third-order valence-corrected chi connectivity index (χ3v) is 6.95. The molecule has 0 bridgehead atoms. The van der Waals surface area contributed by atoms with Crippen LogP contribution in [0.3, 0.4) is 0 Å². The number of rotatable bonds is 17. The van der Waals surface area contributed by atoms with Gasteiger partial charge >= 0.3 is 11.9 Å². The van der Waals surface area contributed by atoms with Crippen molar-refractivity contribution in [1.29, 1.82) is 0 Å². The highest BCUT2D eigenvalue weighted by atomic mass is 32.1. The summed E-state index contributed by atoms with van der Waals surface area (Å²) < 4.78 is 14.8. The number of hydrogen-bond acceptors (Lipinski definition) is 6. The molecule has 0 spiro atoms. The van der Waals surface area contributed by atoms with Crippen molar-refractivity contribution in [2.45, 2.75) is 90.9 Å². The number of hydrogen-bond donors (Lipinski definition) is 0. The first kappa shape index (κ1) is 32.2. The summed E-state index contributed by atoms with van der Waals surface area (Å²) in [7, 11) is 0. The lowest BCUT2D eigenvalue weighted by Gasteiger charge is -2.10. The Balaban J connectivity index is 0.000000397. The van der Waals surface area contributed by atoms with E-state index in [9.17, 15) is 9.59 Å². The Hall–Kier alpha value is -2.99. The van der Waals surface area contributed by atoms with Gasteiger partial charge in [-0.2, -0.15) is 0 Å². The van der Waals surface area contributed by atoms with Gasteiger partial charge in [0.2, 0.25) is 0 Å². The third-order valence-electron chi connectivity index (χ3n) is 6.37. The summed E-state index contributed by atoms with van der Waals surface area (Å²) in [6.07, 6.45) is 15.5. The second-order valence-electron chi connectivity index (χ2n) is 9.63. The molecule has 0 amide bonds. The van der Waals surface area contributed by atoms with E-state index in [0.29, 0.717) is 24.3 Å². The summed E-state index contributed by atoms with van der Waals surface area (Å²) in [6.45, 7) is 5.17. The topological polar surface area (TPSA) is 65.5 Å². The molecule has 0 aliphatic heterocycles. The molecule has 0 saturated heterocycles. The molecule has 0 fully saturated rings. The minimum atomic E-state index is -0.444. The summed E-state index contributed by atoms with van der Waals surface area (Å²) in [4.78, 5) is 24.7. The van der Waals surface area contributed by atoms with Crippen molar-refractivity contribution < 1.29 is 19.1 Å². The molecule has 0 atom stereocenters. The van der Waals surface area contributed by atoms with Gasteiger partial charge in [0.1, 0.15) is 0 Å².